The van der Waals surface area contributed by atoms with Crippen molar-refractivity contribution in [3.63, 3.8) is 0 Å². The number of esters is 1. The van der Waals surface area contributed by atoms with Crippen molar-refractivity contribution in [2.24, 2.45) is 0 Å². The first-order valence-corrected chi connectivity index (χ1v) is 6.04. The van der Waals surface area contributed by atoms with Crippen LogP contribution in [0.15, 0.2) is 12.1 Å². The van der Waals surface area contributed by atoms with Crippen molar-refractivity contribution in [2.45, 2.75) is 13.5 Å². The van der Waals surface area contributed by atoms with Gasteiger partial charge in [0.1, 0.15) is 0 Å². The van der Waals surface area contributed by atoms with Gasteiger partial charge in [0, 0.05) is 7.11 Å². The number of ether oxygens (including phenoxy) is 4. The fraction of sp³-hybridized carbons (Fsp3) is 0.429. The van der Waals surface area contributed by atoms with E-state index in [1.54, 1.807) is 19.1 Å². The second-order valence-corrected chi connectivity index (χ2v) is 3.82. The molecule has 0 aliphatic rings. The van der Waals surface area contributed by atoms with Crippen molar-refractivity contribution < 1.29 is 28.5 Å². The Kier molecular flexibility index (Phi) is 5.99. The molecule has 0 aromatic heterocycles. The van der Waals surface area contributed by atoms with Gasteiger partial charge in [0.2, 0.25) is 0 Å². The van der Waals surface area contributed by atoms with E-state index in [9.17, 15) is 9.59 Å². The first-order valence-electron chi connectivity index (χ1n) is 6.04. The predicted molar refractivity (Wildman–Crippen MR) is 71.2 cm³/mol. The predicted octanol–water partition coefficient (Wildman–Crippen LogP) is 1.60. The summed E-state index contributed by atoms with van der Waals surface area (Å²) in [5.41, 5.74) is 0.635. The number of methoxy groups -OCH3 is 3. The highest BCUT2D eigenvalue weighted by molar-refractivity contribution is 6.41. The maximum Gasteiger partial charge on any atom is 0.379 e. The summed E-state index contributed by atoms with van der Waals surface area (Å²) in [5.74, 6) is -1.16. The molecule has 0 bridgehead atoms. The van der Waals surface area contributed by atoms with Gasteiger partial charge in [-0.2, -0.15) is 0 Å². The van der Waals surface area contributed by atoms with Crippen molar-refractivity contribution in [3.8, 4) is 11.5 Å². The van der Waals surface area contributed by atoms with Gasteiger partial charge < -0.3 is 18.9 Å². The molecular formula is C14H18O6. The van der Waals surface area contributed by atoms with Gasteiger partial charge in [-0.3, -0.25) is 4.79 Å². The summed E-state index contributed by atoms with van der Waals surface area (Å²) in [6.45, 7) is 1.92. The maximum atomic E-state index is 12.2. The molecule has 20 heavy (non-hydrogen) atoms. The Bertz CT molecular complexity index is 495. The Labute approximate surface area is 117 Å². The van der Waals surface area contributed by atoms with Crippen LogP contribution in [-0.2, 0) is 20.9 Å². The molecule has 0 aliphatic heterocycles. The van der Waals surface area contributed by atoms with Gasteiger partial charge in [0.05, 0.1) is 33.0 Å². The number of rotatable bonds is 7. The number of hydrogen-bond acceptors (Lipinski definition) is 6. The van der Waals surface area contributed by atoms with Crippen LogP contribution in [-0.4, -0.2) is 39.7 Å². The highest BCUT2D eigenvalue weighted by atomic mass is 16.5. The van der Waals surface area contributed by atoms with Crippen LogP contribution in [0, 0.1) is 0 Å². The molecule has 0 heterocycles. The third kappa shape index (κ3) is 3.27. The topological polar surface area (TPSA) is 71.1 Å². The van der Waals surface area contributed by atoms with E-state index >= 15 is 0 Å². The highest BCUT2D eigenvalue weighted by Gasteiger charge is 2.27. The normalized spacial score (nSPS) is 10.0. The molecule has 0 radical (unpaired) electrons. The van der Waals surface area contributed by atoms with Gasteiger partial charge in [-0.25, -0.2) is 4.79 Å². The van der Waals surface area contributed by atoms with Gasteiger partial charge in [-0.05, 0) is 18.6 Å². The van der Waals surface area contributed by atoms with Crippen molar-refractivity contribution in [2.75, 3.05) is 27.9 Å². The molecule has 0 aliphatic carbocycles. The molecule has 1 rings (SSSR count). The number of Topliss-reactive ketones (excluding diaryl/α,β-unsaturated/α-hetero) is 1. The zero-order chi connectivity index (χ0) is 15.1. The molecule has 0 unspecified atom stereocenters. The summed E-state index contributed by atoms with van der Waals surface area (Å²) in [6.07, 6.45) is 0. The molecule has 1 aromatic carbocycles. The molecule has 0 fully saturated rings. The molecule has 6 heteroatoms. The van der Waals surface area contributed by atoms with Crippen LogP contribution < -0.4 is 9.47 Å². The van der Waals surface area contributed by atoms with E-state index in [0.717, 1.165) is 0 Å². The minimum atomic E-state index is -0.934. The number of carbonyl (C=O) groups excluding carboxylic acids is 2. The largest absolute Gasteiger partial charge is 0.493 e. The van der Waals surface area contributed by atoms with Crippen LogP contribution in [0.5, 0.6) is 11.5 Å². The van der Waals surface area contributed by atoms with Crippen LogP contribution in [0.25, 0.3) is 0 Å². The zero-order valence-electron chi connectivity index (χ0n) is 12.0. The summed E-state index contributed by atoms with van der Waals surface area (Å²) in [7, 11) is 4.35. The van der Waals surface area contributed by atoms with Crippen LogP contribution in [0.2, 0.25) is 0 Å². The molecule has 0 amide bonds. The smallest absolute Gasteiger partial charge is 0.379 e. The summed E-state index contributed by atoms with van der Waals surface area (Å²) >= 11 is 0. The summed E-state index contributed by atoms with van der Waals surface area (Å²) in [5, 5.41) is 0. The Morgan fingerprint density at radius 1 is 1.10 bits per heavy atom. The lowest BCUT2D eigenvalue weighted by Crippen LogP contribution is -2.20. The number of hydrogen-bond donors (Lipinski definition) is 0. The molecule has 6 nitrogen and oxygen atoms in total. The van der Waals surface area contributed by atoms with Crippen molar-refractivity contribution in [1.82, 2.24) is 0 Å². The summed E-state index contributed by atoms with van der Waals surface area (Å²) in [6, 6.07) is 3.30. The van der Waals surface area contributed by atoms with E-state index in [4.69, 9.17) is 18.9 Å². The van der Waals surface area contributed by atoms with E-state index in [-0.39, 0.29) is 24.5 Å². The van der Waals surface area contributed by atoms with Gasteiger partial charge in [-0.15, -0.1) is 0 Å². The second-order valence-electron chi connectivity index (χ2n) is 3.82. The third-order valence-electron chi connectivity index (χ3n) is 2.62. The van der Waals surface area contributed by atoms with E-state index < -0.39 is 11.8 Å². The summed E-state index contributed by atoms with van der Waals surface area (Å²) in [4.78, 5) is 23.9. The first-order chi connectivity index (χ1) is 9.60. The Hall–Kier alpha value is -2.08. The minimum Gasteiger partial charge on any atom is -0.493 e. The zero-order valence-corrected chi connectivity index (χ0v) is 12.0. The number of benzene rings is 1. The van der Waals surface area contributed by atoms with Crippen LogP contribution >= 0.6 is 0 Å². The fourth-order valence-electron chi connectivity index (χ4n) is 1.79. The average molecular weight is 282 g/mol. The third-order valence-corrected chi connectivity index (χ3v) is 2.62. The van der Waals surface area contributed by atoms with Crippen molar-refractivity contribution in [1.29, 1.82) is 0 Å². The van der Waals surface area contributed by atoms with Gasteiger partial charge in [0.25, 0.3) is 5.78 Å². The van der Waals surface area contributed by atoms with Gasteiger partial charge in [-0.1, -0.05) is 6.07 Å². The lowest BCUT2D eigenvalue weighted by molar-refractivity contribution is -0.137. The molecule has 1 aromatic rings. The molecule has 0 spiro atoms. The quantitative estimate of drug-likeness (QED) is 0.430. The van der Waals surface area contributed by atoms with E-state index in [1.807, 2.05) is 0 Å². The monoisotopic (exact) mass is 282 g/mol. The van der Waals surface area contributed by atoms with E-state index in [2.05, 4.69) is 0 Å². The molecular weight excluding hydrogens is 264 g/mol. The van der Waals surface area contributed by atoms with Gasteiger partial charge >= 0.3 is 5.97 Å². The Balaban J connectivity index is 3.37. The first kappa shape index (κ1) is 16.0. The molecule has 0 atom stereocenters. The van der Waals surface area contributed by atoms with Gasteiger partial charge in [0.15, 0.2) is 11.5 Å². The van der Waals surface area contributed by atoms with Crippen LogP contribution in [0.1, 0.15) is 22.8 Å². The standard InChI is InChI=1S/C14H18O6/c1-5-20-14(16)12(15)11-9(8-17-2)6-7-10(18-3)13(11)19-4/h6-7H,5,8H2,1-4H3. The molecule has 0 saturated heterocycles. The van der Waals surface area contributed by atoms with E-state index in [1.165, 1.54) is 21.3 Å². The maximum absolute atomic E-state index is 12.2. The molecule has 0 N–H and O–H groups in total. The van der Waals surface area contributed by atoms with Crippen LogP contribution in [0.3, 0.4) is 0 Å². The van der Waals surface area contributed by atoms with Crippen molar-refractivity contribution >= 4 is 11.8 Å². The van der Waals surface area contributed by atoms with Crippen LogP contribution in [0.4, 0.5) is 0 Å². The lowest BCUT2D eigenvalue weighted by atomic mass is 10.0. The fourth-order valence-corrected chi connectivity index (χ4v) is 1.79. The molecule has 0 saturated carbocycles. The Morgan fingerprint density at radius 3 is 2.30 bits per heavy atom. The lowest BCUT2D eigenvalue weighted by Gasteiger charge is -2.15. The van der Waals surface area contributed by atoms with E-state index in [0.29, 0.717) is 11.3 Å². The summed E-state index contributed by atoms with van der Waals surface area (Å²) < 4.78 is 20.1. The SMILES string of the molecule is CCOC(=O)C(=O)c1c(COC)ccc(OC)c1OC. The average Bonchev–Trinajstić information content (AvgIpc) is 2.46. The molecule has 110 valence electrons. The number of carbonyl (C=O) groups is 2. The highest BCUT2D eigenvalue weighted by Crippen LogP contribution is 2.34. The number of ketones is 1. The minimum absolute atomic E-state index is 0.104. The van der Waals surface area contributed by atoms with Crippen molar-refractivity contribution in [3.05, 3.63) is 23.3 Å². The Morgan fingerprint density at radius 2 is 1.80 bits per heavy atom. The second kappa shape index (κ2) is 7.49.